The third-order valence-electron chi connectivity index (χ3n) is 6.54. The van der Waals surface area contributed by atoms with Gasteiger partial charge in [0.05, 0.1) is 6.04 Å². The minimum atomic E-state index is -0.371. The summed E-state index contributed by atoms with van der Waals surface area (Å²) >= 11 is 1.74. The first-order valence-corrected chi connectivity index (χ1v) is 13.6. The number of nitrogens with zero attached hydrogens (tertiary/aromatic N) is 2. The summed E-state index contributed by atoms with van der Waals surface area (Å²) in [6.45, 7) is 15.3. The van der Waals surface area contributed by atoms with E-state index in [1.807, 2.05) is 51.7 Å². The van der Waals surface area contributed by atoms with E-state index < -0.39 is 0 Å². The van der Waals surface area contributed by atoms with Crippen molar-refractivity contribution in [1.82, 2.24) is 15.1 Å². The van der Waals surface area contributed by atoms with Gasteiger partial charge < -0.3 is 19.9 Å². The topological polar surface area (TPSA) is 61.9 Å². The molecule has 0 saturated heterocycles. The summed E-state index contributed by atoms with van der Waals surface area (Å²) in [4.78, 5) is 31.5. The standard InChI is InChI=1S/C28H41N3O3S/c1-8-20(4)31(27(33)29-28(5,6)7)17-26(32)30-15-13-25-23(14-16-35-25)24(30)18-34-22-11-9-21(10-12-22)19(2)3/h9-12,14,16,19-20,24H,8,13,15,17-18H2,1-7H3,(H,29,33)/t20-,24+/m1/s1. The van der Waals surface area contributed by atoms with Crippen molar-refractivity contribution < 1.29 is 14.3 Å². The first kappa shape index (κ1) is 27.1. The van der Waals surface area contributed by atoms with E-state index in [1.54, 1.807) is 16.2 Å². The fourth-order valence-corrected chi connectivity index (χ4v) is 5.20. The van der Waals surface area contributed by atoms with E-state index in [0.29, 0.717) is 19.1 Å². The van der Waals surface area contributed by atoms with Gasteiger partial charge in [0, 0.05) is 23.0 Å². The molecule has 2 aromatic rings. The molecule has 0 spiro atoms. The molecule has 3 rings (SSSR count). The molecular formula is C28H41N3O3S. The SMILES string of the molecule is CC[C@@H](C)N(CC(=O)N1CCc2sccc2[C@@H]1COc1ccc(C(C)C)cc1)C(=O)NC(C)(C)C. The van der Waals surface area contributed by atoms with Crippen LogP contribution in [-0.4, -0.2) is 53.0 Å². The van der Waals surface area contributed by atoms with Gasteiger partial charge in [-0.1, -0.05) is 32.9 Å². The van der Waals surface area contributed by atoms with Crippen molar-refractivity contribution in [3.05, 3.63) is 51.7 Å². The van der Waals surface area contributed by atoms with Crippen molar-refractivity contribution in [2.75, 3.05) is 19.7 Å². The first-order valence-electron chi connectivity index (χ1n) is 12.7. The normalized spacial score (nSPS) is 16.6. The zero-order chi connectivity index (χ0) is 25.8. The lowest BCUT2D eigenvalue weighted by atomic mass is 10.00. The number of ether oxygens (including phenoxy) is 1. The maximum atomic E-state index is 13.6. The molecular weight excluding hydrogens is 458 g/mol. The van der Waals surface area contributed by atoms with Gasteiger partial charge in [-0.15, -0.1) is 11.3 Å². The van der Waals surface area contributed by atoms with Gasteiger partial charge in [-0.2, -0.15) is 0 Å². The average Bonchev–Trinajstić information content (AvgIpc) is 3.28. The monoisotopic (exact) mass is 499 g/mol. The summed E-state index contributed by atoms with van der Waals surface area (Å²) in [5.41, 5.74) is 2.05. The van der Waals surface area contributed by atoms with Crippen LogP contribution >= 0.6 is 11.3 Å². The molecule has 1 aliphatic rings. The number of benzene rings is 1. The van der Waals surface area contributed by atoms with E-state index in [9.17, 15) is 9.59 Å². The van der Waals surface area contributed by atoms with E-state index in [-0.39, 0.29) is 36.1 Å². The van der Waals surface area contributed by atoms with Crippen LogP contribution in [0.2, 0.25) is 0 Å². The molecule has 0 fully saturated rings. The Morgan fingerprint density at radius 3 is 2.46 bits per heavy atom. The van der Waals surface area contributed by atoms with Crippen LogP contribution < -0.4 is 10.1 Å². The Labute approximate surface area is 214 Å². The number of urea groups is 1. The Morgan fingerprint density at radius 1 is 1.17 bits per heavy atom. The quantitative estimate of drug-likeness (QED) is 0.486. The number of thiophene rings is 1. The van der Waals surface area contributed by atoms with Gasteiger partial charge in [0.15, 0.2) is 0 Å². The molecule has 6 nitrogen and oxygen atoms in total. The van der Waals surface area contributed by atoms with Crippen LogP contribution in [0, 0.1) is 0 Å². The molecule has 3 amide bonds. The van der Waals surface area contributed by atoms with Gasteiger partial charge in [0.2, 0.25) is 5.91 Å². The summed E-state index contributed by atoms with van der Waals surface area (Å²) in [6.07, 6.45) is 1.61. The highest BCUT2D eigenvalue weighted by Crippen LogP contribution is 2.34. The number of carbonyl (C=O) groups excluding carboxylic acids is 2. The summed E-state index contributed by atoms with van der Waals surface area (Å²) in [5, 5.41) is 5.11. The minimum absolute atomic E-state index is 0.0445. The predicted molar refractivity (Wildman–Crippen MR) is 143 cm³/mol. The van der Waals surface area contributed by atoms with Crippen molar-refractivity contribution in [1.29, 1.82) is 0 Å². The summed E-state index contributed by atoms with van der Waals surface area (Å²) in [7, 11) is 0. The predicted octanol–water partition coefficient (Wildman–Crippen LogP) is 5.98. The maximum absolute atomic E-state index is 13.6. The summed E-state index contributed by atoms with van der Waals surface area (Å²) < 4.78 is 6.19. The van der Waals surface area contributed by atoms with Crippen LogP contribution in [0.4, 0.5) is 4.79 Å². The highest BCUT2D eigenvalue weighted by molar-refractivity contribution is 7.10. The third-order valence-corrected chi connectivity index (χ3v) is 7.54. The van der Waals surface area contributed by atoms with E-state index in [0.717, 1.165) is 24.2 Å². The Bertz CT molecular complexity index is 994. The lowest BCUT2D eigenvalue weighted by Gasteiger charge is -2.38. The summed E-state index contributed by atoms with van der Waals surface area (Å²) in [6, 6.07) is 9.87. The molecule has 0 bridgehead atoms. The van der Waals surface area contributed by atoms with Gasteiger partial charge in [0.1, 0.15) is 18.9 Å². The van der Waals surface area contributed by atoms with Crippen molar-refractivity contribution in [2.45, 2.75) is 84.8 Å². The Hall–Kier alpha value is -2.54. The van der Waals surface area contributed by atoms with Gasteiger partial charge in [-0.25, -0.2) is 4.79 Å². The Morgan fingerprint density at radius 2 is 1.86 bits per heavy atom. The summed E-state index contributed by atoms with van der Waals surface area (Å²) in [5.74, 6) is 1.22. The van der Waals surface area contributed by atoms with Crippen LogP contribution in [0.15, 0.2) is 35.7 Å². The highest BCUT2D eigenvalue weighted by atomic mass is 32.1. The van der Waals surface area contributed by atoms with Crippen LogP contribution in [0.25, 0.3) is 0 Å². The van der Waals surface area contributed by atoms with Crippen LogP contribution in [-0.2, 0) is 11.2 Å². The maximum Gasteiger partial charge on any atom is 0.318 e. The average molecular weight is 500 g/mol. The molecule has 0 saturated carbocycles. The van der Waals surface area contributed by atoms with Crippen LogP contribution in [0.5, 0.6) is 5.75 Å². The van der Waals surface area contributed by atoms with Crippen molar-refractivity contribution in [2.24, 2.45) is 0 Å². The third kappa shape index (κ3) is 7.00. The molecule has 2 atom stereocenters. The first-order chi connectivity index (χ1) is 16.5. The van der Waals surface area contributed by atoms with Crippen molar-refractivity contribution >= 4 is 23.3 Å². The Kier molecular flexibility index (Phi) is 8.86. The molecule has 0 aliphatic carbocycles. The van der Waals surface area contributed by atoms with Crippen molar-refractivity contribution in [3.8, 4) is 5.75 Å². The van der Waals surface area contributed by atoms with Gasteiger partial charge in [-0.3, -0.25) is 4.79 Å². The zero-order valence-corrected chi connectivity index (χ0v) is 23.1. The second kappa shape index (κ2) is 11.5. The highest BCUT2D eigenvalue weighted by Gasteiger charge is 2.34. The molecule has 7 heteroatoms. The van der Waals surface area contributed by atoms with E-state index in [2.05, 4.69) is 42.7 Å². The number of nitrogens with one attached hydrogen (secondary N) is 1. The molecule has 192 valence electrons. The molecule has 1 aromatic carbocycles. The van der Waals surface area contributed by atoms with E-state index in [1.165, 1.54) is 10.4 Å². The fraction of sp³-hybridized carbons (Fsp3) is 0.571. The lowest BCUT2D eigenvalue weighted by Crippen LogP contribution is -2.55. The number of fused-ring (bicyclic) bond motifs is 1. The fourth-order valence-electron chi connectivity index (χ4n) is 4.28. The second-order valence-corrected chi connectivity index (χ2v) is 11.8. The molecule has 2 heterocycles. The van der Waals surface area contributed by atoms with Crippen LogP contribution in [0.1, 0.15) is 82.9 Å². The second-order valence-electron chi connectivity index (χ2n) is 10.8. The molecule has 1 aliphatic heterocycles. The molecule has 1 aromatic heterocycles. The minimum Gasteiger partial charge on any atom is -0.491 e. The molecule has 0 radical (unpaired) electrons. The van der Waals surface area contributed by atoms with Gasteiger partial charge in [-0.05, 0) is 81.2 Å². The Balaban J connectivity index is 1.77. The van der Waals surface area contributed by atoms with Crippen molar-refractivity contribution in [3.63, 3.8) is 0 Å². The number of amides is 3. The van der Waals surface area contributed by atoms with E-state index >= 15 is 0 Å². The van der Waals surface area contributed by atoms with Gasteiger partial charge >= 0.3 is 6.03 Å². The molecule has 1 N–H and O–H groups in total. The molecule has 0 unspecified atom stereocenters. The number of hydrogen-bond donors (Lipinski definition) is 1. The van der Waals surface area contributed by atoms with Crippen LogP contribution in [0.3, 0.4) is 0 Å². The number of hydrogen-bond acceptors (Lipinski definition) is 4. The van der Waals surface area contributed by atoms with Gasteiger partial charge in [0.25, 0.3) is 0 Å². The number of rotatable bonds is 8. The zero-order valence-electron chi connectivity index (χ0n) is 22.3. The lowest BCUT2D eigenvalue weighted by molar-refractivity contribution is -0.136. The van der Waals surface area contributed by atoms with E-state index in [4.69, 9.17) is 4.74 Å². The smallest absolute Gasteiger partial charge is 0.318 e. The molecule has 35 heavy (non-hydrogen) atoms. The largest absolute Gasteiger partial charge is 0.491 e. The number of carbonyl (C=O) groups is 2.